The SMILES string of the molecule is CC(C)CN(CC(=O)O)C(=O)CC(NC(=O)OCC1c2ccccc2-c2ccccc21)C(C)(C)C. The van der Waals surface area contributed by atoms with Crippen molar-refractivity contribution in [3.8, 4) is 11.1 Å². The number of carboxylic acid groups (broad SMARTS) is 1. The summed E-state index contributed by atoms with van der Waals surface area (Å²) in [5.41, 5.74) is 4.12. The Morgan fingerprint density at radius 3 is 2.03 bits per heavy atom. The zero-order valence-corrected chi connectivity index (χ0v) is 21.2. The van der Waals surface area contributed by atoms with Gasteiger partial charge in [0, 0.05) is 24.9 Å². The van der Waals surface area contributed by atoms with Crippen LogP contribution in [0, 0.1) is 11.3 Å². The van der Waals surface area contributed by atoms with Crippen molar-refractivity contribution < 1.29 is 24.2 Å². The Bertz CT molecular complexity index is 1030. The summed E-state index contributed by atoms with van der Waals surface area (Å²) in [6.07, 6.45) is -0.596. The van der Waals surface area contributed by atoms with Gasteiger partial charge in [-0.2, -0.15) is 0 Å². The minimum Gasteiger partial charge on any atom is -0.480 e. The topological polar surface area (TPSA) is 95.9 Å². The molecular formula is C28H36N2O5. The number of amides is 2. The molecule has 1 aliphatic carbocycles. The molecule has 0 aromatic heterocycles. The third-order valence-corrected chi connectivity index (χ3v) is 6.32. The molecule has 1 unspecified atom stereocenters. The molecule has 1 atom stereocenters. The van der Waals surface area contributed by atoms with Crippen molar-refractivity contribution in [2.24, 2.45) is 11.3 Å². The molecule has 0 radical (unpaired) electrons. The minimum atomic E-state index is -1.06. The van der Waals surface area contributed by atoms with Crippen LogP contribution < -0.4 is 5.32 Å². The maximum Gasteiger partial charge on any atom is 0.407 e. The largest absolute Gasteiger partial charge is 0.480 e. The molecule has 0 spiro atoms. The third-order valence-electron chi connectivity index (χ3n) is 6.32. The highest BCUT2D eigenvalue weighted by atomic mass is 16.5. The zero-order chi connectivity index (χ0) is 25.8. The Hall–Kier alpha value is -3.35. The average Bonchev–Trinajstić information content (AvgIpc) is 3.09. The van der Waals surface area contributed by atoms with Crippen molar-refractivity contribution in [1.29, 1.82) is 0 Å². The third kappa shape index (κ3) is 6.62. The van der Waals surface area contributed by atoms with E-state index in [0.717, 1.165) is 22.3 Å². The summed E-state index contributed by atoms with van der Waals surface area (Å²) < 4.78 is 5.67. The van der Waals surface area contributed by atoms with Crippen LogP contribution in [0.25, 0.3) is 11.1 Å². The molecule has 0 heterocycles. The van der Waals surface area contributed by atoms with E-state index in [2.05, 4.69) is 29.6 Å². The van der Waals surface area contributed by atoms with Crippen molar-refractivity contribution in [2.75, 3.05) is 19.7 Å². The standard InChI is InChI=1S/C28H36N2O5/c1-18(2)15-30(16-26(32)33)25(31)14-24(28(3,4)5)29-27(34)35-17-23-21-12-8-6-10-19(21)20-11-7-9-13-22(20)23/h6-13,18,23-24H,14-17H2,1-5H3,(H,29,34)(H,32,33). The number of carboxylic acids is 1. The summed E-state index contributed by atoms with van der Waals surface area (Å²) in [6.45, 7) is 9.81. The molecule has 2 N–H and O–H groups in total. The second-order valence-electron chi connectivity index (χ2n) is 10.7. The molecule has 0 aliphatic heterocycles. The highest BCUT2D eigenvalue weighted by Crippen LogP contribution is 2.44. The minimum absolute atomic E-state index is 0.00625. The Morgan fingerprint density at radius 2 is 1.54 bits per heavy atom. The van der Waals surface area contributed by atoms with Gasteiger partial charge < -0.3 is 20.1 Å². The lowest BCUT2D eigenvalue weighted by atomic mass is 9.84. The molecule has 7 nitrogen and oxygen atoms in total. The highest BCUT2D eigenvalue weighted by Gasteiger charge is 2.33. The second kappa shape index (κ2) is 10.9. The fraction of sp³-hybridized carbons (Fsp3) is 0.464. The molecule has 0 fully saturated rings. The van der Waals surface area contributed by atoms with Crippen LogP contribution in [0.2, 0.25) is 0 Å². The lowest BCUT2D eigenvalue weighted by Gasteiger charge is -2.33. The number of ether oxygens (including phenoxy) is 1. The number of rotatable bonds is 9. The van der Waals surface area contributed by atoms with E-state index in [-0.39, 0.29) is 37.3 Å². The van der Waals surface area contributed by atoms with E-state index in [9.17, 15) is 19.5 Å². The van der Waals surface area contributed by atoms with Crippen LogP contribution in [0.4, 0.5) is 4.79 Å². The molecule has 2 amide bonds. The van der Waals surface area contributed by atoms with Crippen molar-refractivity contribution in [3.63, 3.8) is 0 Å². The summed E-state index contributed by atoms with van der Waals surface area (Å²) in [4.78, 5) is 38.4. The number of fused-ring (bicyclic) bond motifs is 3. The average molecular weight is 481 g/mol. The summed E-state index contributed by atoms with van der Waals surface area (Å²) in [7, 11) is 0. The predicted octanol–water partition coefficient (Wildman–Crippen LogP) is 4.90. The molecule has 1 aliphatic rings. The number of carbonyl (C=O) groups is 3. The molecule has 7 heteroatoms. The smallest absolute Gasteiger partial charge is 0.407 e. The number of nitrogens with zero attached hydrogens (tertiary/aromatic N) is 1. The lowest BCUT2D eigenvalue weighted by Crippen LogP contribution is -2.48. The number of hydrogen-bond acceptors (Lipinski definition) is 4. The van der Waals surface area contributed by atoms with E-state index in [1.54, 1.807) is 0 Å². The Kier molecular flexibility index (Phi) is 8.20. The van der Waals surface area contributed by atoms with Crippen LogP contribution in [0.15, 0.2) is 48.5 Å². The first kappa shape index (κ1) is 26.3. The first-order valence-corrected chi connectivity index (χ1v) is 12.1. The highest BCUT2D eigenvalue weighted by molar-refractivity contribution is 5.82. The van der Waals surface area contributed by atoms with Gasteiger partial charge in [-0.3, -0.25) is 9.59 Å². The second-order valence-corrected chi connectivity index (χ2v) is 10.7. The molecule has 2 aromatic rings. The number of alkyl carbamates (subject to hydrolysis) is 1. The van der Waals surface area contributed by atoms with E-state index in [1.807, 2.05) is 58.9 Å². The van der Waals surface area contributed by atoms with Crippen molar-refractivity contribution >= 4 is 18.0 Å². The Morgan fingerprint density at radius 1 is 1.00 bits per heavy atom. The molecule has 0 saturated carbocycles. The monoisotopic (exact) mass is 480 g/mol. The fourth-order valence-corrected chi connectivity index (χ4v) is 4.52. The van der Waals surface area contributed by atoms with E-state index >= 15 is 0 Å². The van der Waals surface area contributed by atoms with Gasteiger partial charge in [0.15, 0.2) is 0 Å². The quantitative estimate of drug-likeness (QED) is 0.532. The maximum atomic E-state index is 13.0. The number of hydrogen-bond donors (Lipinski definition) is 2. The van der Waals surface area contributed by atoms with Gasteiger partial charge in [-0.05, 0) is 33.6 Å². The summed E-state index contributed by atoms with van der Waals surface area (Å²) in [5.74, 6) is -1.29. The lowest BCUT2D eigenvalue weighted by molar-refractivity contribution is -0.145. The van der Waals surface area contributed by atoms with Gasteiger partial charge in [-0.1, -0.05) is 83.1 Å². The number of carbonyl (C=O) groups excluding carboxylic acids is 2. The van der Waals surface area contributed by atoms with Crippen molar-refractivity contribution in [3.05, 3.63) is 59.7 Å². The zero-order valence-electron chi connectivity index (χ0n) is 21.2. The maximum absolute atomic E-state index is 13.0. The van der Waals surface area contributed by atoms with Gasteiger partial charge in [-0.25, -0.2) is 4.79 Å². The molecular weight excluding hydrogens is 444 g/mol. The molecule has 0 saturated heterocycles. The van der Waals surface area contributed by atoms with Gasteiger partial charge in [0.2, 0.25) is 5.91 Å². The van der Waals surface area contributed by atoms with Gasteiger partial charge in [0.25, 0.3) is 0 Å². The normalized spacial score (nSPS) is 13.7. The number of benzene rings is 2. The van der Waals surface area contributed by atoms with Crippen molar-refractivity contribution in [2.45, 2.75) is 53.0 Å². The van der Waals surface area contributed by atoms with Crippen LogP contribution in [0.3, 0.4) is 0 Å². The first-order chi connectivity index (χ1) is 16.5. The van der Waals surface area contributed by atoms with E-state index in [4.69, 9.17) is 4.74 Å². The molecule has 3 rings (SSSR count). The van der Waals surface area contributed by atoms with E-state index in [1.165, 1.54) is 4.90 Å². The van der Waals surface area contributed by atoms with Gasteiger partial charge in [0.1, 0.15) is 13.2 Å². The Balaban J connectivity index is 1.67. The van der Waals surface area contributed by atoms with Gasteiger partial charge in [0.05, 0.1) is 0 Å². The number of aliphatic carboxylic acids is 1. The van der Waals surface area contributed by atoms with Crippen LogP contribution in [0.5, 0.6) is 0 Å². The fourth-order valence-electron chi connectivity index (χ4n) is 4.52. The van der Waals surface area contributed by atoms with Gasteiger partial charge >= 0.3 is 12.1 Å². The predicted molar refractivity (Wildman–Crippen MR) is 135 cm³/mol. The summed E-state index contributed by atoms with van der Waals surface area (Å²) in [6, 6.07) is 15.7. The Labute approximate surface area is 207 Å². The van der Waals surface area contributed by atoms with E-state index < -0.39 is 23.5 Å². The van der Waals surface area contributed by atoms with Crippen LogP contribution in [-0.4, -0.2) is 53.7 Å². The molecule has 0 bridgehead atoms. The van der Waals surface area contributed by atoms with E-state index in [0.29, 0.717) is 6.54 Å². The first-order valence-electron chi connectivity index (χ1n) is 12.1. The molecule has 188 valence electrons. The summed E-state index contributed by atoms with van der Waals surface area (Å²) in [5, 5.41) is 12.1. The van der Waals surface area contributed by atoms with Gasteiger partial charge in [-0.15, -0.1) is 0 Å². The van der Waals surface area contributed by atoms with Crippen molar-refractivity contribution in [1.82, 2.24) is 10.2 Å². The van der Waals surface area contributed by atoms with Crippen LogP contribution in [0.1, 0.15) is 58.1 Å². The number of nitrogens with one attached hydrogen (secondary N) is 1. The summed E-state index contributed by atoms with van der Waals surface area (Å²) >= 11 is 0. The van der Waals surface area contributed by atoms with Crippen LogP contribution >= 0.6 is 0 Å². The molecule has 35 heavy (non-hydrogen) atoms. The molecule has 2 aromatic carbocycles. The van der Waals surface area contributed by atoms with Crippen LogP contribution in [-0.2, 0) is 14.3 Å².